The summed E-state index contributed by atoms with van der Waals surface area (Å²) in [5.74, 6) is -0.176. The standard InChI is InChI=1S/C25H27N5O3/c31-24(9-8-22-14-27-11-12-28-22)30-17-23(33-19-21-7-4-10-26-13-21)16-29(25(32)18-30)15-20-5-2-1-3-6-20/h1-7,10-14,23H,8-9,15-19H2. The molecule has 0 saturated carbocycles. The van der Waals surface area contributed by atoms with Gasteiger partial charge in [0.05, 0.1) is 24.9 Å². The van der Waals surface area contributed by atoms with E-state index in [1.165, 1.54) is 0 Å². The van der Waals surface area contributed by atoms with Gasteiger partial charge in [0.25, 0.3) is 0 Å². The van der Waals surface area contributed by atoms with Gasteiger partial charge in [-0.25, -0.2) is 0 Å². The summed E-state index contributed by atoms with van der Waals surface area (Å²) in [5, 5.41) is 0. The highest BCUT2D eigenvalue weighted by Crippen LogP contribution is 2.15. The quantitative estimate of drug-likeness (QED) is 0.529. The lowest BCUT2D eigenvalue weighted by Crippen LogP contribution is -2.39. The molecule has 1 unspecified atom stereocenters. The van der Waals surface area contributed by atoms with Gasteiger partial charge in [-0.1, -0.05) is 36.4 Å². The average Bonchev–Trinajstić information content (AvgIpc) is 3.02. The molecule has 1 atom stereocenters. The molecule has 8 nitrogen and oxygen atoms in total. The highest BCUT2D eigenvalue weighted by molar-refractivity contribution is 5.85. The largest absolute Gasteiger partial charge is 0.370 e. The van der Waals surface area contributed by atoms with Crippen molar-refractivity contribution >= 4 is 11.8 Å². The molecular formula is C25H27N5O3. The van der Waals surface area contributed by atoms with Crippen LogP contribution in [0.15, 0.2) is 73.4 Å². The Morgan fingerprint density at radius 2 is 1.79 bits per heavy atom. The molecule has 1 fully saturated rings. The van der Waals surface area contributed by atoms with Gasteiger partial charge in [-0.05, 0) is 23.6 Å². The molecule has 0 spiro atoms. The fraction of sp³-hybridized carbons (Fsp3) is 0.320. The van der Waals surface area contributed by atoms with Crippen molar-refractivity contribution in [2.45, 2.75) is 32.1 Å². The molecule has 0 radical (unpaired) electrons. The van der Waals surface area contributed by atoms with Crippen LogP contribution in [0.2, 0.25) is 0 Å². The third-order valence-electron chi connectivity index (χ3n) is 5.52. The molecule has 1 saturated heterocycles. The zero-order valence-corrected chi connectivity index (χ0v) is 18.4. The molecule has 0 aliphatic carbocycles. The average molecular weight is 446 g/mol. The van der Waals surface area contributed by atoms with E-state index in [1.807, 2.05) is 42.5 Å². The van der Waals surface area contributed by atoms with Crippen molar-refractivity contribution in [2.24, 2.45) is 0 Å². The van der Waals surface area contributed by atoms with Gasteiger partial charge < -0.3 is 14.5 Å². The fourth-order valence-corrected chi connectivity index (χ4v) is 3.78. The van der Waals surface area contributed by atoms with Crippen LogP contribution in [0.5, 0.6) is 0 Å². The second-order valence-corrected chi connectivity index (χ2v) is 8.03. The molecule has 33 heavy (non-hydrogen) atoms. The van der Waals surface area contributed by atoms with Crippen molar-refractivity contribution in [3.63, 3.8) is 0 Å². The summed E-state index contributed by atoms with van der Waals surface area (Å²) in [4.78, 5) is 41.9. The summed E-state index contributed by atoms with van der Waals surface area (Å²) in [7, 11) is 0. The van der Waals surface area contributed by atoms with E-state index < -0.39 is 0 Å². The number of pyridine rings is 1. The van der Waals surface area contributed by atoms with Crippen molar-refractivity contribution in [1.82, 2.24) is 24.8 Å². The molecule has 170 valence electrons. The van der Waals surface area contributed by atoms with Gasteiger partial charge in [0.2, 0.25) is 11.8 Å². The Bertz CT molecular complexity index is 1030. The van der Waals surface area contributed by atoms with Crippen molar-refractivity contribution in [3.05, 3.63) is 90.3 Å². The first-order valence-corrected chi connectivity index (χ1v) is 11.0. The van der Waals surface area contributed by atoms with Gasteiger partial charge in [-0.3, -0.25) is 24.5 Å². The zero-order chi connectivity index (χ0) is 22.9. The summed E-state index contributed by atoms with van der Waals surface area (Å²) in [6, 6.07) is 13.7. The summed E-state index contributed by atoms with van der Waals surface area (Å²) in [6.07, 6.45) is 8.78. The number of aryl methyl sites for hydroxylation is 1. The van der Waals surface area contributed by atoms with E-state index in [-0.39, 0.29) is 30.9 Å². The van der Waals surface area contributed by atoms with E-state index in [4.69, 9.17) is 4.74 Å². The number of hydrogen-bond donors (Lipinski definition) is 0. The maximum Gasteiger partial charge on any atom is 0.242 e. The molecule has 3 heterocycles. The predicted octanol–water partition coefficient (Wildman–Crippen LogP) is 2.26. The van der Waals surface area contributed by atoms with Gasteiger partial charge in [-0.2, -0.15) is 0 Å². The number of hydrogen-bond acceptors (Lipinski definition) is 6. The highest BCUT2D eigenvalue weighted by atomic mass is 16.5. The molecule has 2 aromatic heterocycles. The minimum absolute atomic E-state index is 0.0406. The zero-order valence-electron chi connectivity index (χ0n) is 18.4. The van der Waals surface area contributed by atoms with Crippen LogP contribution in [0.1, 0.15) is 23.2 Å². The SMILES string of the molecule is O=C(CCc1cnccn1)N1CC(=O)N(Cc2ccccc2)CC(OCc2cccnc2)C1. The Kier molecular flexibility index (Phi) is 7.71. The van der Waals surface area contributed by atoms with E-state index in [2.05, 4.69) is 15.0 Å². The maximum atomic E-state index is 13.1. The molecular weight excluding hydrogens is 418 g/mol. The molecule has 4 rings (SSSR count). The Morgan fingerprint density at radius 3 is 2.55 bits per heavy atom. The van der Waals surface area contributed by atoms with Crippen LogP contribution in [-0.4, -0.2) is 62.3 Å². The molecule has 0 N–H and O–H groups in total. The summed E-state index contributed by atoms with van der Waals surface area (Å²) >= 11 is 0. The van der Waals surface area contributed by atoms with E-state index >= 15 is 0 Å². The van der Waals surface area contributed by atoms with Crippen molar-refractivity contribution in [3.8, 4) is 0 Å². The smallest absolute Gasteiger partial charge is 0.242 e. The van der Waals surface area contributed by atoms with Crippen LogP contribution in [0.25, 0.3) is 0 Å². The molecule has 1 aromatic carbocycles. The van der Waals surface area contributed by atoms with Crippen LogP contribution in [0, 0.1) is 0 Å². The van der Waals surface area contributed by atoms with Gasteiger partial charge in [0.1, 0.15) is 0 Å². The minimum Gasteiger partial charge on any atom is -0.370 e. The minimum atomic E-state index is -0.305. The number of rotatable bonds is 8. The lowest BCUT2D eigenvalue weighted by atomic mass is 10.2. The third-order valence-corrected chi connectivity index (χ3v) is 5.52. The number of carbonyl (C=O) groups excluding carboxylic acids is 2. The summed E-state index contributed by atoms with van der Waals surface area (Å²) in [5.41, 5.74) is 2.74. The summed E-state index contributed by atoms with van der Waals surface area (Å²) < 4.78 is 6.16. The highest BCUT2D eigenvalue weighted by Gasteiger charge is 2.30. The van der Waals surface area contributed by atoms with E-state index in [0.717, 1.165) is 16.8 Å². The Balaban J connectivity index is 1.45. The van der Waals surface area contributed by atoms with Crippen LogP contribution >= 0.6 is 0 Å². The van der Waals surface area contributed by atoms with E-state index in [0.29, 0.717) is 32.7 Å². The van der Waals surface area contributed by atoms with Gasteiger partial charge in [0.15, 0.2) is 0 Å². The second-order valence-electron chi connectivity index (χ2n) is 8.03. The Hall–Kier alpha value is -3.65. The van der Waals surface area contributed by atoms with Crippen LogP contribution < -0.4 is 0 Å². The van der Waals surface area contributed by atoms with Crippen molar-refractivity contribution in [1.29, 1.82) is 0 Å². The van der Waals surface area contributed by atoms with Crippen molar-refractivity contribution < 1.29 is 14.3 Å². The molecule has 3 aromatic rings. The van der Waals surface area contributed by atoms with Crippen LogP contribution in [-0.2, 0) is 33.9 Å². The first kappa shape index (κ1) is 22.5. The summed E-state index contributed by atoms with van der Waals surface area (Å²) in [6.45, 7) is 1.67. The molecule has 1 aliphatic heterocycles. The van der Waals surface area contributed by atoms with E-state index in [1.54, 1.807) is 40.8 Å². The number of nitrogens with zero attached hydrogens (tertiary/aromatic N) is 5. The second kappa shape index (κ2) is 11.3. The van der Waals surface area contributed by atoms with Crippen molar-refractivity contribution in [2.75, 3.05) is 19.6 Å². The normalized spacial score (nSPS) is 16.5. The number of carbonyl (C=O) groups is 2. The number of benzene rings is 1. The number of aromatic nitrogens is 3. The topological polar surface area (TPSA) is 88.5 Å². The maximum absolute atomic E-state index is 13.1. The van der Waals surface area contributed by atoms with Crippen LogP contribution in [0.4, 0.5) is 0 Å². The predicted molar refractivity (Wildman–Crippen MR) is 122 cm³/mol. The third kappa shape index (κ3) is 6.66. The molecule has 0 bridgehead atoms. The van der Waals surface area contributed by atoms with Gasteiger partial charge >= 0.3 is 0 Å². The number of amides is 2. The lowest BCUT2D eigenvalue weighted by molar-refractivity contribution is -0.139. The molecule has 2 amide bonds. The Morgan fingerprint density at radius 1 is 0.970 bits per heavy atom. The van der Waals surface area contributed by atoms with E-state index in [9.17, 15) is 9.59 Å². The van der Waals surface area contributed by atoms with Gasteiger partial charge in [0, 0.05) is 57.0 Å². The lowest BCUT2D eigenvalue weighted by Gasteiger charge is -2.25. The Labute approximate surface area is 193 Å². The monoisotopic (exact) mass is 445 g/mol. The first-order valence-electron chi connectivity index (χ1n) is 11.0. The first-order chi connectivity index (χ1) is 16.2. The molecule has 1 aliphatic rings. The molecule has 8 heteroatoms. The fourth-order valence-electron chi connectivity index (χ4n) is 3.78. The van der Waals surface area contributed by atoms with Crippen LogP contribution in [0.3, 0.4) is 0 Å². The number of ether oxygens (including phenoxy) is 1. The van der Waals surface area contributed by atoms with Gasteiger partial charge in [-0.15, -0.1) is 0 Å².